The van der Waals surface area contributed by atoms with Crippen LogP contribution in [0.15, 0.2) is 0 Å². The van der Waals surface area contributed by atoms with Crippen molar-refractivity contribution in [2.45, 2.75) is 156 Å². The van der Waals surface area contributed by atoms with Crippen LogP contribution in [0.4, 0.5) is 0 Å². The van der Waals surface area contributed by atoms with Crippen LogP contribution in [-0.2, 0) is 13.3 Å². The molecule has 4 aliphatic rings. The van der Waals surface area contributed by atoms with Crippen molar-refractivity contribution < 1.29 is 13.3 Å². The molecular weight excluding hydrogens is 529 g/mol. The lowest BCUT2D eigenvalue weighted by molar-refractivity contribution is -0.168. The maximum atomic E-state index is 7.23. The van der Waals surface area contributed by atoms with Gasteiger partial charge >= 0.3 is 0 Å². The van der Waals surface area contributed by atoms with Gasteiger partial charge in [-0.05, 0) is 169 Å². The SMILES string of the molecule is CC(CCCO[Si](C)(C)C)C1CCC2C3C(O[Si](C)(C)C)C[C@@H]4C[C@H](O[Si](C)(C)C)CCC4(C)C3CCC12C. The predicted molar refractivity (Wildman–Crippen MR) is 175 cm³/mol. The molecule has 0 radical (unpaired) electrons. The summed E-state index contributed by atoms with van der Waals surface area (Å²) in [6, 6.07) is 0. The second kappa shape index (κ2) is 11.6. The first kappa shape index (κ1) is 32.4. The van der Waals surface area contributed by atoms with Gasteiger partial charge in [-0.1, -0.05) is 20.8 Å². The highest BCUT2D eigenvalue weighted by Crippen LogP contribution is 2.69. The average molecular weight is 595 g/mol. The lowest BCUT2D eigenvalue weighted by Gasteiger charge is -2.64. The Labute approximate surface area is 246 Å². The molecule has 0 saturated heterocycles. The number of fused-ring (bicyclic) bond motifs is 5. The van der Waals surface area contributed by atoms with E-state index in [-0.39, 0.29) is 0 Å². The standard InChI is InChI=1S/C33H66O3Si3/c1-24(14-13-21-34-37(4,5)6)27-15-16-28-31-29(18-20-33(27,28)3)32(2)19-17-26(35-38(7,8)9)22-25(32)23-30(31)36-39(10,11)12/h24-31H,13-23H2,1-12H3/t24?,25-,26+,27?,28?,29?,30?,31?,32?,33?/m0/s1. The van der Waals surface area contributed by atoms with E-state index in [1.165, 1.54) is 64.2 Å². The fraction of sp³-hybridized carbons (Fsp3) is 1.00. The molecule has 0 N–H and O–H groups in total. The molecule has 0 heterocycles. The molecule has 0 amide bonds. The second-order valence-corrected chi connectivity index (χ2v) is 31.4. The lowest BCUT2D eigenvalue weighted by atomic mass is 9.43. The normalized spacial score (nSPS) is 42.0. The second-order valence-electron chi connectivity index (χ2n) is 17.9. The Kier molecular flexibility index (Phi) is 9.61. The summed E-state index contributed by atoms with van der Waals surface area (Å²) in [6.07, 6.45) is 14.5. The molecule has 4 saturated carbocycles. The van der Waals surface area contributed by atoms with Crippen LogP contribution >= 0.6 is 0 Å². The van der Waals surface area contributed by atoms with Gasteiger partial charge in [-0.3, -0.25) is 0 Å². The molecule has 39 heavy (non-hydrogen) atoms. The van der Waals surface area contributed by atoms with Crippen molar-refractivity contribution >= 4 is 25.0 Å². The largest absolute Gasteiger partial charge is 0.418 e. The topological polar surface area (TPSA) is 27.7 Å². The third-order valence-corrected chi connectivity index (χ3v) is 14.9. The zero-order valence-electron chi connectivity index (χ0n) is 28.1. The maximum absolute atomic E-state index is 7.23. The lowest BCUT2D eigenvalue weighted by Crippen LogP contribution is -2.60. The minimum absolute atomic E-state index is 0.467. The average Bonchev–Trinajstić information content (AvgIpc) is 3.12. The van der Waals surface area contributed by atoms with Crippen molar-refractivity contribution in [1.82, 2.24) is 0 Å². The van der Waals surface area contributed by atoms with Crippen LogP contribution in [-0.4, -0.2) is 43.8 Å². The van der Waals surface area contributed by atoms with E-state index in [4.69, 9.17) is 13.3 Å². The fourth-order valence-corrected chi connectivity index (χ4v) is 13.4. The highest BCUT2D eigenvalue weighted by Gasteiger charge is 2.63. The molecule has 0 bridgehead atoms. The monoisotopic (exact) mass is 594 g/mol. The molecular formula is C33H66O3Si3. The number of hydrogen-bond acceptors (Lipinski definition) is 3. The van der Waals surface area contributed by atoms with Crippen LogP contribution in [0.3, 0.4) is 0 Å². The Morgan fingerprint density at radius 1 is 0.718 bits per heavy atom. The van der Waals surface area contributed by atoms with Crippen LogP contribution in [0.1, 0.15) is 85.0 Å². The molecule has 0 aromatic carbocycles. The van der Waals surface area contributed by atoms with E-state index in [2.05, 4.69) is 79.7 Å². The minimum atomic E-state index is -1.64. The summed E-state index contributed by atoms with van der Waals surface area (Å²) in [5, 5.41) is 0. The van der Waals surface area contributed by atoms with Gasteiger partial charge in [0.1, 0.15) is 0 Å². The zero-order chi connectivity index (χ0) is 29.0. The van der Waals surface area contributed by atoms with Crippen LogP contribution in [0, 0.1) is 46.3 Å². The van der Waals surface area contributed by atoms with E-state index in [0.717, 1.165) is 42.1 Å². The van der Waals surface area contributed by atoms with E-state index in [1.54, 1.807) is 0 Å². The van der Waals surface area contributed by atoms with E-state index in [1.807, 2.05) is 0 Å². The van der Waals surface area contributed by atoms with Gasteiger partial charge < -0.3 is 13.3 Å². The van der Waals surface area contributed by atoms with Crippen molar-refractivity contribution in [1.29, 1.82) is 0 Å². The van der Waals surface area contributed by atoms with E-state index in [9.17, 15) is 0 Å². The molecule has 4 aliphatic carbocycles. The molecule has 0 aromatic heterocycles. The summed E-state index contributed by atoms with van der Waals surface area (Å²) in [4.78, 5) is 0. The van der Waals surface area contributed by atoms with E-state index in [0.29, 0.717) is 23.0 Å². The van der Waals surface area contributed by atoms with Crippen LogP contribution < -0.4 is 0 Å². The molecule has 10 atom stereocenters. The highest BCUT2D eigenvalue weighted by molar-refractivity contribution is 6.70. The fourth-order valence-electron chi connectivity index (χ4n) is 10.3. The van der Waals surface area contributed by atoms with Gasteiger partial charge in [0.25, 0.3) is 0 Å². The Morgan fingerprint density at radius 2 is 1.33 bits per heavy atom. The van der Waals surface area contributed by atoms with Gasteiger partial charge in [0, 0.05) is 18.8 Å². The molecule has 0 aromatic rings. The van der Waals surface area contributed by atoms with Gasteiger partial charge in [0.15, 0.2) is 25.0 Å². The van der Waals surface area contributed by atoms with Gasteiger partial charge in [0.2, 0.25) is 0 Å². The summed E-state index contributed by atoms with van der Waals surface area (Å²) in [5.41, 5.74) is 0.963. The first-order valence-corrected chi connectivity index (χ1v) is 27.0. The molecule has 6 heteroatoms. The summed E-state index contributed by atoms with van der Waals surface area (Å²) in [7, 11) is -4.56. The quantitative estimate of drug-likeness (QED) is 0.186. The molecule has 0 spiro atoms. The maximum Gasteiger partial charge on any atom is 0.184 e. The summed E-state index contributed by atoms with van der Waals surface area (Å²) >= 11 is 0. The van der Waals surface area contributed by atoms with Gasteiger partial charge in [-0.25, -0.2) is 0 Å². The third-order valence-electron chi connectivity index (χ3n) is 11.7. The van der Waals surface area contributed by atoms with E-state index >= 15 is 0 Å². The van der Waals surface area contributed by atoms with Crippen molar-refractivity contribution in [3.8, 4) is 0 Å². The zero-order valence-corrected chi connectivity index (χ0v) is 31.1. The summed E-state index contributed by atoms with van der Waals surface area (Å²) < 4.78 is 20.2. The molecule has 4 rings (SSSR count). The van der Waals surface area contributed by atoms with Gasteiger partial charge in [-0.2, -0.15) is 0 Å². The van der Waals surface area contributed by atoms with Crippen molar-refractivity contribution in [2.24, 2.45) is 46.3 Å². The molecule has 0 aliphatic heterocycles. The van der Waals surface area contributed by atoms with Crippen molar-refractivity contribution in [3.05, 3.63) is 0 Å². The Bertz CT molecular complexity index is 830. The number of rotatable bonds is 10. The predicted octanol–water partition coefficient (Wildman–Crippen LogP) is 9.96. The van der Waals surface area contributed by atoms with Crippen LogP contribution in [0.5, 0.6) is 0 Å². The van der Waals surface area contributed by atoms with E-state index < -0.39 is 25.0 Å². The summed E-state index contributed by atoms with van der Waals surface area (Å²) in [6.45, 7) is 30.3. The summed E-state index contributed by atoms with van der Waals surface area (Å²) in [5.74, 6) is 4.88. The Hall–Kier alpha value is 0.531. The van der Waals surface area contributed by atoms with Crippen LogP contribution in [0.2, 0.25) is 58.9 Å². The smallest absolute Gasteiger partial charge is 0.184 e. The van der Waals surface area contributed by atoms with Gasteiger partial charge in [-0.15, -0.1) is 0 Å². The minimum Gasteiger partial charge on any atom is -0.418 e. The van der Waals surface area contributed by atoms with Crippen LogP contribution in [0.25, 0.3) is 0 Å². The third kappa shape index (κ3) is 7.37. The Balaban J connectivity index is 1.53. The molecule has 8 unspecified atom stereocenters. The van der Waals surface area contributed by atoms with Crippen molar-refractivity contribution in [2.75, 3.05) is 6.61 Å². The molecule has 228 valence electrons. The first-order valence-electron chi connectivity index (χ1n) is 16.8. The highest BCUT2D eigenvalue weighted by atomic mass is 28.4. The van der Waals surface area contributed by atoms with Crippen molar-refractivity contribution in [3.63, 3.8) is 0 Å². The first-order chi connectivity index (χ1) is 17.8. The van der Waals surface area contributed by atoms with Gasteiger partial charge in [0.05, 0.1) is 0 Å². The molecule has 4 fully saturated rings. The molecule has 3 nitrogen and oxygen atoms in total. The number of hydrogen-bond donors (Lipinski definition) is 0. The Morgan fingerprint density at radius 3 is 1.95 bits per heavy atom.